The molecule has 0 aliphatic heterocycles. The highest BCUT2D eigenvalue weighted by molar-refractivity contribution is 7.90. The van der Waals surface area contributed by atoms with Gasteiger partial charge in [-0.05, 0) is 13.3 Å². The van der Waals surface area contributed by atoms with Crippen LogP contribution in [0.1, 0.15) is 20.3 Å². The third-order valence-corrected chi connectivity index (χ3v) is 3.54. The second-order valence-corrected chi connectivity index (χ2v) is 6.93. The molecule has 0 fully saturated rings. The van der Waals surface area contributed by atoms with Crippen molar-refractivity contribution < 1.29 is 13.3 Å². The van der Waals surface area contributed by atoms with E-state index in [1.807, 2.05) is 6.92 Å². The predicted octanol–water partition coefficient (Wildman–Crippen LogP) is 1.05. The molecular formula is C11H19N5O4S. The van der Waals surface area contributed by atoms with Gasteiger partial charge in [-0.1, -0.05) is 6.92 Å². The summed E-state index contributed by atoms with van der Waals surface area (Å²) < 4.78 is 22.5. The third kappa shape index (κ3) is 5.90. The van der Waals surface area contributed by atoms with Crippen LogP contribution in [-0.4, -0.2) is 47.9 Å². The molecule has 118 valence electrons. The molecule has 1 rings (SSSR count). The number of hydrogen-bond acceptors (Lipinski definition) is 8. The first kappa shape index (κ1) is 17.1. The Morgan fingerprint density at radius 1 is 1.48 bits per heavy atom. The molecule has 1 aromatic rings. The minimum atomic E-state index is -3.19. The van der Waals surface area contributed by atoms with Gasteiger partial charge in [-0.3, -0.25) is 10.1 Å². The number of aromatic nitrogens is 2. The molecule has 0 radical (unpaired) electrons. The van der Waals surface area contributed by atoms with E-state index in [-0.39, 0.29) is 23.2 Å². The maximum atomic E-state index is 11.2. The predicted molar refractivity (Wildman–Crippen MR) is 80.3 cm³/mol. The molecule has 1 unspecified atom stereocenters. The smallest absolute Gasteiger partial charge is 0.329 e. The van der Waals surface area contributed by atoms with E-state index in [1.165, 1.54) is 0 Å². The van der Waals surface area contributed by atoms with E-state index in [1.54, 1.807) is 6.92 Å². The highest BCUT2D eigenvalue weighted by Gasteiger charge is 2.20. The van der Waals surface area contributed by atoms with Gasteiger partial charge in [-0.2, -0.15) is 4.98 Å². The molecule has 21 heavy (non-hydrogen) atoms. The van der Waals surface area contributed by atoms with Crippen LogP contribution in [0.3, 0.4) is 0 Å². The van der Waals surface area contributed by atoms with Crippen molar-refractivity contribution in [3.8, 4) is 0 Å². The lowest BCUT2D eigenvalue weighted by Crippen LogP contribution is -2.26. The van der Waals surface area contributed by atoms with Crippen LogP contribution in [0.5, 0.6) is 0 Å². The minimum absolute atomic E-state index is 0.00440. The van der Waals surface area contributed by atoms with Gasteiger partial charge in [0.25, 0.3) is 0 Å². The van der Waals surface area contributed by atoms with E-state index in [4.69, 9.17) is 0 Å². The zero-order valence-electron chi connectivity index (χ0n) is 12.2. The van der Waals surface area contributed by atoms with Gasteiger partial charge in [0.15, 0.2) is 0 Å². The van der Waals surface area contributed by atoms with Crippen LogP contribution >= 0.6 is 0 Å². The molecule has 1 atom stereocenters. The van der Waals surface area contributed by atoms with E-state index < -0.39 is 20.8 Å². The molecule has 0 aliphatic rings. The molecule has 1 heterocycles. The van der Waals surface area contributed by atoms with Crippen molar-refractivity contribution in [1.29, 1.82) is 0 Å². The standard InChI is InChI=1S/C11H19N5O4S/c1-4-5-12-11-13-6-9(16(17)18)10(15-11)14-8(2)7-21(3,19)20/h6,8H,4-5,7H2,1-3H3,(H2,12,13,14,15). The van der Waals surface area contributed by atoms with Crippen molar-refractivity contribution >= 4 is 27.3 Å². The van der Waals surface area contributed by atoms with Gasteiger partial charge in [0, 0.05) is 18.8 Å². The van der Waals surface area contributed by atoms with Crippen LogP contribution in [0, 0.1) is 10.1 Å². The topological polar surface area (TPSA) is 127 Å². The summed E-state index contributed by atoms with van der Waals surface area (Å²) in [6.07, 6.45) is 3.06. The van der Waals surface area contributed by atoms with Gasteiger partial charge in [0.05, 0.1) is 10.7 Å². The van der Waals surface area contributed by atoms with E-state index in [9.17, 15) is 18.5 Å². The monoisotopic (exact) mass is 317 g/mol. The van der Waals surface area contributed by atoms with Gasteiger partial charge >= 0.3 is 5.69 Å². The van der Waals surface area contributed by atoms with E-state index in [0.29, 0.717) is 6.54 Å². The average Bonchev–Trinajstić information content (AvgIpc) is 2.33. The Labute approximate surface area is 123 Å². The Hall–Kier alpha value is -1.97. The lowest BCUT2D eigenvalue weighted by molar-refractivity contribution is -0.384. The number of nitrogens with zero attached hydrogens (tertiary/aromatic N) is 3. The summed E-state index contributed by atoms with van der Waals surface area (Å²) in [5, 5.41) is 16.6. The molecule has 0 bridgehead atoms. The van der Waals surface area contributed by atoms with Gasteiger partial charge in [-0.25, -0.2) is 13.4 Å². The van der Waals surface area contributed by atoms with Crippen molar-refractivity contribution in [3.63, 3.8) is 0 Å². The van der Waals surface area contributed by atoms with Crippen molar-refractivity contribution in [1.82, 2.24) is 9.97 Å². The van der Waals surface area contributed by atoms with Gasteiger partial charge < -0.3 is 10.6 Å². The maximum Gasteiger partial charge on any atom is 0.329 e. The third-order valence-electron chi connectivity index (χ3n) is 2.44. The Kier molecular flexibility index (Phi) is 5.82. The summed E-state index contributed by atoms with van der Waals surface area (Å²) in [7, 11) is -3.19. The zero-order chi connectivity index (χ0) is 16.0. The summed E-state index contributed by atoms with van der Waals surface area (Å²) in [4.78, 5) is 18.2. The molecule has 2 N–H and O–H groups in total. The number of anilines is 2. The quantitative estimate of drug-likeness (QED) is 0.538. The molecule has 0 aromatic carbocycles. The van der Waals surface area contributed by atoms with Crippen molar-refractivity contribution in [3.05, 3.63) is 16.3 Å². The van der Waals surface area contributed by atoms with Gasteiger partial charge in [0.2, 0.25) is 11.8 Å². The van der Waals surface area contributed by atoms with Crippen molar-refractivity contribution in [2.75, 3.05) is 29.2 Å². The van der Waals surface area contributed by atoms with Gasteiger partial charge in [-0.15, -0.1) is 0 Å². The summed E-state index contributed by atoms with van der Waals surface area (Å²) in [6, 6.07) is -0.507. The largest absolute Gasteiger partial charge is 0.361 e. The molecule has 0 aliphatic carbocycles. The fraction of sp³-hybridized carbons (Fsp3) is 0.636. The Balaban J connectivity index is 2.97. The second kappa shape index (κ2) is 7.16. The number of sulfone groups is 1. The molecule has 0 spiro atoms. The molecule has 0 saturated heterocycles. The van der Waals surface area contributed by atoms with E-state index in [0.717, 1.165) is 18.9 Å². The summed E-state index contributed by atoms with van der Waals surface area (Å²) >= 11 is 0. The molecule has 9 nitrogen and oxygen atoms in total. The Bertz CT molecular complexity index is 605. The van der Waals surface area contributed by atoms with Gasteiger partial charge in [0.1, 0.15) is 16.0 Å². The molecule has 0 saturated carbocycles. The summed E-state index contributed by atoms with van der Waals surface area (Å²) in [5.41, 5.74) is -0.294. The zero-order valence-corrected chi connectivity index (χ0v) is 13.0. The maximum absolute atomic E-state index is 11.2. The first-order valence-corrected chi connectivity index (χ1v) is 8.48. The van der Waals surface area contributed by atoms with Crippen molar-refractivity contribution in [2.24, 2.45) is 0 Å². The SMILES string of the molecule is CCCNc1ncc([N+](=O)[O-])c(NC(C)CS(C)(=O)=O)n1. The van der Waals surface area contributed by atoms with Crippen LogP contribution < -0.4 is 10.6 Å². The average molecular weight is 317 g/mol. The van der Waals surface area contributed by atoms with E-state index in [2.05, 4.69) is 20.6 Å². The molecule has 0 amide bonds. The molecule has 10 heteroatoms. The fourth-order valence-electron chi connectivity index (χ4n) is 1.67. The summed E-state index contributed by atoms with van der Waals surface area (Å²) in [5.74, 6) is 0.118. The second-order valence-electron chi connectivity index (χ2n) is 4.75. The molecule has 1 aromatic heterocycles. The lowest BCUT2D eigenvalue weighted by atomic mass is 10.3. The van der Waals surface area contributed by atoms with Crippen LogP contribution in [0.4, 0.5) is 17.5 Å². The highest BCUT2D eigenvalue weighted by atomic mass is 32.2. The Morgan fingerprint density at radius 2 is 2.14 bits per heavy atom. The summed E-state index contributed by atoms with van der Waals surface area (Å²) in [6.45, 7) is 4.22. The number of nitrogens with one attached hydrogen (secondary N) is 2. The van der Waals surface area contributed by atoms with Crippen LogP contribution in [0.15, 0.2) is 6.20 Å². The normalized spacial score (nSPS) is 12.7. The minimum Gasteiger partial charge on any atom is -0.361 e. The lowest BCUT2D eigenvalue weighted by Gasteiger charge is -2.14. The first-order chi connectivity index (χ1) is 9.73. The number of nitro groups is 1. The Morgan fingerprint density at radius 3 is 2.67 bits per heavy atom. The first-order valence-electron chi connectivity index (χ1n) is 6.42. The highest BCUT2D eigenvalue weighted by Crippen LogP contribution is 2.22. The van der Waals surface area contributed by atoms with Crippen LogP contribution in [0.25, 0.3) is 0 Å². The fourth-order valence-corrected chi connectivity index (χ4v) is 2.66. The molecular weight excluding hydrogens is 298 g/mol. The van der Waals surface area contributed by atoms with E-state index >= 15 is 0 Å². The number of hydrogen-bond donors (Lipinski definition) is 2. The van der Waals surface area contributed by atoms with Crippen LogP contribution in [0.2, 0.25) is 0 Å². The van der Waals surface area contributed by atoms with Crippen molar-refractivity contribution in [2.45, 2.75) is 26.3 Å². The van der Waals surface area contributed by atoms with Crippen LogP contribution in [-0.2, 0) is 9.84 Å². The number of rotatable bonds is 8.